The Balaban J connectivity index is 1.67. The van der Waals surface area contributed by atoms with Gasteiger partial charge in [-0.2, -0.15) is 0 Å². The summed E-state index contributed by atoms with van der Waals surface area (Å²) < 4.78 is 22.8. The lowest BCUT2D eigenvalue weighted by Gasteiger charge is -2.25. The first kappa shape index (κ1) is 24.8. The van der Waals surface area contributed by atoms with E-state index in [4.69, 9.17) is 18.9 Å². The molecule has 2 aromatic carbocycles. The van der Waals surface area contributed by atoms with Gasteiger partial charge in [0.2, 0.25) is 0 Å². The van der Waals surface area contributed by atoms with E-state index >= 15 is 0 Å². The molecule has 0 bridgehead atoms. The maximum absolute atomic E-state index is 6.08. The molecule has 0 spiro atoms. The fourth-order valence-corrected chi connectivity index (χ4v) is 4.18. The van der Waals surface area contributed by atoms with Gasteiger partial charge in [-0.25, -0.2) is 0 Å². The summed E-state index contributed by atoms with van der Waals surface area (Å²) in [5, 5.41) is 0. The second kappa shape index (κ2) is 9.39. The minimum Gasteiger partial charge on any atom is -0.491 e. The molecule has 2 unspecified atom stereocenters. The smallest absolute Gasteiger partial charge is 0.122 e. The Kier molecular flexibility index (Phi) is 6.85. The normalized spacial score (nSPS) is 20.0. The van der Waals surface area contributed by atoms with Gasteiger partial charge in [0, 0.05) is 0 Å². The Labute approximate surface area is 205 Å². The summed E-state index contributed by atoms with van der Waals surface area (Å²) in [5.74, 6) is 1.90. The van der Waals surface area contributed by atoms with Crippen LogP contribution in [0.4, 0.5) is 0 Å². The molecule has 0 N–H and O–H groups in total. The van der Waals surface area contributed by atoms with Crippen LogP contribution < -0.4 is 9.47 Å². The third-order valence-electron chi connectivity index (χ3n) is 6.41. The van der Waals surface area contributed by atoms with Crippen molar-refractivity contribution in [1.29, 1.82) is 0 Å². The van der Waals surface area contributed by atoms with Crippen LogP contribution in [0.3, 0.4) is 0 Å². The van der Waals surface area contributed by atoms with Crippen LogP contribution in [0.15, 0.2) is 24.3 Å². The quantitative estimate of drug-likeness (QED) is 0.325. The molecule has 4 rings (SSSR count). The lowest BCUT2D eigenvalue weighted by molar-refractivity contribution is 0.261. The molecule has 2 fully saturated rings. The van der Waals surface area contributed by atoms with E-state index in [0.29, 0.717) is 13.2 Å². The van der Waals surface area contributed by atoms with Crippen LogP contribution >= 0.6 is 0 Å². The van der Waals surface area contributed by atoms with Crippen LogP contribution in [0.25, 0.3) is 12.2 Å². The van der Waals surface area contributed by atoms with Crippen molar-refractivity contribution < 1.29 is 18.9 Å². The molecule has 2 saturated heterocycles. The monoisotopic (exact) mass is 464 g/mol. The molecule has 34 heavy (non-hydrogen) atoms. The zero-order valence-electron chi connectivity index (χ0n) is 22.1. The molecule has 0 radical (unpaired) electrons. The van der Waals surface area contributed by atoms with Gasteiger partial charge in [0.1, 0.15) is 36.9 Å². The molecule has 0 aromatic heterocycles. The molecule has 2 atom stereocenters. The number of ether oxygens (including phenoxy) is 4. The van der Waals surface area contributed by atoms with Crippen molar-refractivity contribution in [2.75, 3.05) is 26.4 Å². The predicted molar refractivity (Wildman–Crippen MR) is 139 cm³/mol. The average molecular weight is 465 g/mol. The van der Waals surface area contributed by atoms with Crippen LogP contribution in [0.2, 0.25) is 0 Å². The zero-order valence-corrected chi connectivity index (χ0v) is 22.1. The van der Waals surface area contributed by atoms with Gasteiger partial charge in [-0.1, -0.05) is 53.7 Å². The maximum Gasteiger partial charge on any atom is 0.122 e. The highest BCUT2D eigenvalue weighted by atomic mass is 16.6. The minimum absolute atomic E-state index is 0.00703. The Hall–Kier alpha value is -2.30. The highest BCUT2D eigenvalue weighted by Gasteiger charge is 2.26. The van der Waals surface area contributed by atoms with E-state index in [1.807, 2.05) is 0 Å². The van der Waals surface area contributed by atoms with Crippen LogP contribution in [-0.2, 0) is 20.3 Å². The largest absolute Gasteiger partial charge is 0.491 e. The topological polar surface area (TPSA) is 43.5 Å². The molecule has 0 saturated carbocycles. The first-order valence-corrected chi connectivity index (χ1v) is 12.4. The fourth-order valence-electron chi connectivity index (χ4n) is 4.18. The van der Waals surface area contributed by atoms with Crippen molar-refractivity contribution >= 4 is 12.2 Å². The van der Waals surface area contributed by atoms with Gasteiger partial charge in [0.25, 0.3) is 0 Å². The summed E-state index contributed by atoms with van der Waals surface area (Å²) in [7, 11) is 0. The average Bonchev–Trinajstić information content (AvgIpc) is 3.64. The van der Waals surface area contributed by atoms with Crippen molar-refractivity contribution in [2.45, 2.75) is 78.4 Å². The second-order valence-corrected chi connectivity index (χ2v) is 11.8. The molecule has 184 valence electrons. The van der Waals surface area contributed by atoms with E-state index in [-0.39, 0.29) is 23.0 Å². The minimum atomic E-state index is -0.00703. The van der Waals surface area contributed by atoms with Crippen LogP contribution in [0.1, 0.15) is 74.9 Å². The van der Waals surface area contributed by atoms with Crippen molar-refractivity contribution in [3.63, 3.8) is 0 Å². The van der Waals surface area contributed by atoms with Crippen LogP contribution in [-0.4, -0.2) is 38.6 Å². The number of benzene rings is 2. The third-order valence-corrected chi connectivity index (χ3v) is 6.41. The lowest BCUT2D eigenvalue weighted by Crippen LogP contribution is -2.15. The van der Waals surface area contributed by atoms with Gasteiger partial charge in [0.05, 0.1) is 13.2 Å². The third kappa shape index (κ3) is 6.22. The van der Waals surface area contributed by atoms with E-state index in [1.165, 1.54) is 22.3 Å². The lowest BCUT2D eigenvalue weighted by atomic mass is 9.81. The standard InChI is InChI=1S/C30H40O4/c1-19-11-21(25(29(3,4)5)13-27(19)33-17-23-15-31-23)9-10-22-12-20(2)28(34-18-24-16-32-24)14-26(22)30(6,7)8/h9-14,23-24H,15-18H2,1-8H3. The van der Waals surface area contributed by atoms with Gasteiger partial charge in [0.15, 0.2) is 0 Å². The summed E-state index contributed by atoms with van der Waals surface area (Å²) in [6.45, 7) is 20.6. The summed E-state index contributed by atoms with van der Waals surface area (Å²) in [4.78, 5) is 0. The molecule has 2 aliphatic heterocycles. The van der Waals surface area contributed by atoms with Gasteiger partial charge >= 0.3 is 0 Å². The van der Waals surface area contributed by atoms with Crippen molar-refractivity contribution in [2.24, 2.45) is 0 Å². The highest BCUT2D eigenvalue weighted by molar-refractivity contribution is 5.75. The molecule has 0 aliphatic carbocycles. The van der Waals surface area contributed by atoms with Gasteiger partial charge in [-0.15, -0.1) is 0 Å². The summed E-state index contributed by atoms with van der Waals surface area (Å²) in [6.07, 6.45) is 5.01. The van der Waals surface area contributed by atoms with E-state index in [9.17, 15) is 0 Å². The zero-order chi connectivity index (χ0) is 24.7. The van der Waals surface area contributed by atoms with Crippen LogP contribution in [0, 0.1) is 13.8 Å². The highest BCUT2D eigenvalue weighted by Crippen LogP contribution is 2.36. The number of rotatable bonds is 8. The van der Waals surface area contributed by atoms with E-state index in [2.05, 4.69) is 91.8 Å². The second-order valence-electron chi connectivity index (χ2n) is 11.8. The number of hydrogen-bond donors (Lipinski definition) is 0. The first-order chi connectivity index (χ1) is 15.9. The summed E-state index contributed by atoms with van der Waals surface area (Å²) in [5.41, 5.74) is 7.28. The van der Waals surface area contributed by atoms with Crippen LogP contribution in [0.5, 0.6) is 11.5 Å². The van der Waals surface area contributed by atoms with Crippen molar-refractivity contribution in [3.05, 3.63) is 57.6 Å². The van der Waals surface area contributed by atoms with Gasteiger partial charge in [-0.3, -0.25) is 0 Å². The SMILES string of the molecule is Cc1cc(C=Cc2cc(C)c(OCC3CO3)cc2C(C)(C)C)c(C(C)(C)C)cc1OCC1CO1. The first-order valence-electron chi connectivity index (χ1n) is 12.4. The molecule has 2 aromatic rings. The Morgan fingerprint density at radius 3 is 1.35 bits per heavy atom. The van der Waals surface area contributed by atoms with Gasteiger partial charge in [-0.05, 0) is 82.3 Å². The van der Waals surface area contributed by atoms with E-state index < -0.39 is 0 Å². The molecular weight excluding hydrogens is 424 g/mol. The molecule has 2 heterocycles. The number of aryl methyl sites for hydroxylation is 2. The maximum atomic E-state index is 6.08. The molecular formula is C30H40O4. The molecule has 0 amide bonds. The number of epoxide rings is 2. The van der Waals surface area contributed by atoms with Crippen molar-refractivity contribution in [3.8, 4) is 11.5 Å². The molecule has 4 nitrogen and oxygen atoms in total. The fraction of sp³-hybridized carbons (Fsp3) is 0.533. The van der Waals surface area contributed by atoms with Gasteiger partial charge < -0.3 is 18.9 Å². The summed E-state index contributed by atoms with van der Waals surface area (Å²) in [6, 6.07) is 8.92. The van der Waals surface area contributed by atoms with E-state index in [0.717, 1.165) is 35.8 Å². The predicted octanol–water partition coefficient (Wildman–Crippen LogP) is 6.62. The number of hydrogen-bond acceptors (Lipinski definition) is 4. The Bertz CT molecular complexity index is 975. The molecule has 2 aliphatic rings. The summed E-state index contributed by atoms with van der Waals surface area (Å²) >= 11 is 0. The Morgan fingerprint density at radius 2 is 1.06 bits per heavy atom. The van der Waals surface area contributed by atoms with Crippen molar-refractivity contribution in [1.82, 2.24) is 0 Å². The Morgan fingerprint density at radius 1 is 0.706 bits per heavy atom. The van der Waals surface area contributed by atoms with E-state index in [1.54, 1.807) is 0 Å². The molecule has 4 heteroatoms.